The first-order valence-electron chi connectivity index (χ1n) is 8.06. The average Bonchev–Trinajstić information content (AvgIpc) is 2.99. The van der Waals surface area contributed by atoms with Crippen molar-refractivity contribution < 1.29 is 14.1 Å². The van der Waals surface area contributed by atoms with Crippen LogP contribution in [0.3, 0.4) is 0 Å². The van der Waals surface area contributed by atoms with Gasteiger partial charge < -0.3 is 14.2 Å². The van der Waals surface area contributed by atoms with E-state index < -0.39 is 0 Å². The third kappa shape index (κ3) is 4.42. The van der Waals surface area contributed by atoms with E-state index in [4.69, 9.17) is 9.26 Å². The van der Waals surface area contributed by atoms with Gasteiger partial charge in [0.25, 0.3) is 0 Å². The van der Waals surface area contributed by atoms with E-state index >= 15 is 0 Å². The van der Waals surface area contributed by atoms with Gasteiger partial charge in [-0.1, -0.05) is 35.5 Å². The highest BCUT2D eigenvalue weighted by Gasteiger charge is 2.23. The number of piperidine rings is 1. The smallest absolute Gasteiger partial charge is 0.228 e. The van der Waals surface area contributed by atoms with E-state index in [1.165, 1.54) is 5.56 Å². The second-order valence-corrected chi connectivity index (χ2v) is 5.98. The molecule has 5 heteroatoms. The number of hydrogen-bond donors (Lipinski definition) is 0. The lowest BCUT2D eigenvalue weighted by Crippen LogP contribution is -2.41. The summed E-state index contributed by atoms with van der Waals surface area (Å²) >= 11 is 0. The Hall–Kier alpha value is -2.14. The molecule has 122 valence electrons. The molecule has 0 bridgehead atoms. The molecular weight excluding hydrogens is 292 g/mol. The SMILES string of the molecule is Cc1cc(CC(=O)N2CCC(OCc3ccccc3)CC2)no1. The zero-order chi connectivity index (χ0) is 16.1. The summed E-state index contributed by atoms with van der Waals surface area (Å²) in [6.07, 6.45) is 2.31. The van der Waals surface area contributed by atoms with Crippen LogP contribution in [-0.2, 0) is 22.6 Å². The predicted molar refractivity (Wildman–Crippen MR) is 85.8 cm³/mol. The molecule has 0 unspecified atom stereocenters. The topological polar surface area (TPSA) is 55.6 Å². The Morgan fingerprint density at radius 1 is 1.30 bits per heavy atom. The highest BCUT2D eigenvalue weighted by atomic mass is 16.5. The molecule has 0 saturated carbocycles. The first-order valence-corrected chi connectivity index (χ1v) is 8.06. The minimum absolute atomic E-state index is 0.111. The molecule has 1 aliphatic heterocycles. The van der Waals surface area contributed by atoms with Gasteiger partial charge >= 0.3 is 0 Å². The number of aromatic nitrogens is 1. The van der Waals surface area contributed by atoms with E-state index in [9.17, 15) is 4.79 Å². The van der Waals surface area contributed by atoms with Gasteiger partial charge in [0, 0.05) is 19.2 Å². The van der Waals surface area contributed by atoms with Crippen molar-refractivity contribution in [3.05, 3.63) is 53.4 Å². The van der Waals surface area contributed by atoms with Gasteiger partial charge in [0.05, 0.1) is 24.8 Å². The molecule has 2 aromatic rings. The average molecular weight is 314 g/mol. The monoisotopic (exact) mass is 314 g/mol. The summed E-state index contributed by atoms with van der Waals surface area (Å²) in [6.45, 7) is 3.96. The zero-order valence-electron chi connectivity index (χ0n) is 13.4. The van der Waals surface area contributed by atoms with E-state index in [0.29, 0.717) is 18.7 Å². The van der Waals surface area contributed by atoms with Gasteiger partial charge in [-0.05, 0) is 25.3 Å². The van der Waals surface area contributed by atoms with Gasteiger partial charge in [-0.3, -0.25) is 4.79 Å². The second-order valence-electron chi connectivity index (χ2n) is 5.98. The number of nitrogens with zero attached hydrogens (tertiary/aromatic N) is 2. The van der Waals surface area contributed by atoms with Gasteiger partial charge in [-0.15, -0.1) is 0 Å². The van der Waals surface area contributed by atoms with Crippen molar-refractivity contribution in [3.8, 4) is 0 Å². The number of ether oxygens (including phenoxy) is 1. The summed E-state index contributed by atoms with van der Waals surface area (Å²) in [4.78, 5) is 14.2. The molecule has 1 aliphatic rings. The van der Waals surface area contributed by atoms with Crippen LogP contribution in [0.25, 0.3) is 0 Å². The molecule has 5 nitrogen and oxygen atoms in total. The molecule has 2 heterocycles. The second kappa shape index (κ2) is 7.42. The van der Waals surface area contributed by atoms with Crippen molar-refractivity contribution in [2.24, 2.45) is 0 Å². The quantitative estimate of drug-likeness (QED) is 0.851. The summed E-state index contributed by atoms with van der Waals surface area (Å²) < 4.78 is 11.0. The molecule has 23 heavy (non-hydrogen) atoms. The minimum atomic E-state index is 0.111. The van der Waals surface area contributed by atoms with Gasteiger partial charge in [0.1, 0.15) is 5.76 Å². The molecular formula is C18H22N2O3. The maximum atomic E-state index is 12.3. The highest BCUT2D eigenvalue weighted by Crippen LogP contribution is 2.17. The summed E-state index contributed by atoms with van der Waals surface area (Å²) in [5.74, 6) is 0.848. The normalized spacial score (nSPS) is 15.8. The van der Waals surface area contributed by atoms with Crippen molar-refractivity contribution in [2.75, 3.05) is 13.1 Å². The Morgan fingerprint density at radius 3 is 2.70 bits per heavy atom. The molecule has 3 rings (SSSR count). The molecule has 0 N–H and O–H groups in total. The van der Waals surface area contributed by atoms with Crippen molar-refractivity contribution in [2.45, 2.75) is 38.9 Å². The number of carbonyl (C=O) groups is 1. The van der Waals surface area contributed by atoms with Gasteiger partial charge in [0.15, 0.2) is 0 Å². The Morgan fingerprint density at radius 2 is 2.04 bits per heavy atom. The van der Waals surface area contributed by atoms with E-state index in [0.717, 1.165) is 31.7 Å². The summed E-state index contributed by atoms with van der Waals surface area (Å²) in [7, 11) is 0. The van der Waals surface area contributed by atoms with E-state index in [1.807, 2.05) is 36.1 Å². The van der Waals surface area contributed by atoms with E-state index in [2.05, 4.69) is 17.3 Å². The molecule has 1 aromatic carbocycles. The van der Waals surface area contributed by atoms with Crippen LogP contribution in [0.5, 0.6) is 0 Å². The van der Waals surface area contributed by atoms with Crippen LogP contribution in [0, 0.1) is 6.92 Å². The van der Waals surface area contributed by atoms with Crippen LogP contribution in [0.15, 0.2) is 40.9 Å². The summed E-state index contributed by atoms with van der Waals surface area (Å²) in [5.41, 5.74) is 1.89. The third-order valence-electron chi connectivity index (χ3n) is 4.13. The summed E-state index contributed by atoms with van der Waals surface area (Å²) in [5, 5.41) is 3.88. The minimum Gasteiger partial charge on any atom is -0.373 e. The third-order valence-corrected chi connectivity index (χ3v) is 4.13. The number of hydrogen-bond acceptors (Lipinski definition) is 4. The largest absolute Gasteiger partial charge is 0.373 e. The van der Waals surface area contributed by atoms with Gasteiger partial charge in [-0.2, -0.15) is 0 Å². The molecule has 0 aliphatic carbocycles. The van der Waals surface area contributed by atoms with Crippen molar-refractivity contribution in [1.82, 2.24) is 10.1 Å². The molecule has 1 fully saturated rings. The van der Waals surface area contributed by atoms with E-state index in [-0.39, 0.29) is 12.0 Å². The Kier molecular flexibility index (Phi) is 5.08. The lowest BCUT2D eigenvalue weighted by Gasteiger charge is -2.32. The lowest BCUT2D eigenvalue weighted by atomic mass is 10.1. The predicted octanol–water partition coefficient (Wildman–Crippen LogP) is 2.73. The van der Waals surface area contributed by atoms with Crippen LogP contribution in [0.1, 0.15) is 29.9 Å². The molecule has 0 atom stereocenters. The number of likely N-dealkylation sites (tertiary alicyclic amines) is 1. The highest BCUT2D eigenvalue weighted by molar-refractivity contribution is 5.78. The fourth-order valence-electron chi connectivity index (χ4n) is 2.83. The Balaban J connectivity index is 1.42. The first-order chi connectivity index (χ1) is 11.2. The lowest BCUT2D eigenvalue weighted by molar-refractivity contribution is -0.133. The number of benzene rings is 1. The van der Waals surface area contributed by atoms with Crippen LogP contribution >= 0.6 is 0 Å². The fourth-order valence-corrected chi connectivity index (χ4v) is 2.83. The van der Waals surface area contributed by atoms with Crippen LogP contribution < -0.4 is 0 Å². The van der Waals surface area contributed by atoms with Crippen LogP contribution in [0.4, 0.5) is 0 Å². The van der Waals surface area contributed by atoms with Crippen molar-refractivity contribution in [1.29, 1.82) is 0 Å². The molecule has 0 spiro atoms. The van der Waals surface area contributed by atoms with Gasteiger partial charge in [-0.25, -0.2) is 0 Å². The van der Waals surface area contributed by atoms with Crippen LogP contribution in [0.2, 0.25) is 0 Å². The van der Waals surface area contributed by atoms with Gasteiger partial charge in [0.2, 0.25) is 5.91 Å². The molecule has 0 radical (unpaired) electrons. The maximum absolute atomic E-state index is 12.3. The van der Waals surface area contributed by atoms with Crippen molar-refractivity contribution >= 4 is 5.91 Å². The summed E-state index contributed by atoms with van der Waals surface area (Å²) in [6, 6.07) is 12.0. The number of aryl methyl sites for hydroxylation is 1. The Labute approximate surface area is 136 Å². The van der Waals surface area contributed by atoms with E-state index in [1.54, 1.807) is 0 Å². The fraction of sp³-hybridized carbons (Fsp3) is 0.444. The molecule has 1 amide bonds. The number of amides is 1. The maximum Gasteiger partial charge on any atom is 0.228 e. The number of rotatable bonds is 5. The Bertz CT molecular complexity index is 631. The van der Waals surface area contributed by atoms with Crippen molar-refractivity contribution in [3.63, 3.8) is 0 Å². The standard InChI is InChI=1S/C18H22N2O3/c1-14-11-16(19-23-14)12-18(21)20-9-7-17(8-10-20)22-13-15-5-3-2-4-6-15/h2-6,11,17H,7-10,12-13H2,1H3. The molecule has 1 saturated heterocycles. The van der Waals surface area contributed by atoms with Crippen LogP contribution in [-0.4, -0.2) is 35.2 Å². The zero-order valence-corrected chi connectivity index (χ0v) is 13.4. The number of carbonyl (C=O) groups excluding carboxylic acids is 1. The molecule has 1 aromatic heterocycles. The first kappa shape index (κ1) is 15.7.